The van der Waals surface area contributed by atoms with Crippen LogP contribution in [0.1, 0.15) is 21.7 Å². The van der Waals surface area contributed by atoms with Crippen molar-refractivity contribution in [2.45, 2.75) is 18.4 Å². The Morgan fingerprint density at radius 2 is 1.88 bits per heavy atom. The van der Waals surface area contributed by atoms with Crippen LogP contribution in [0, 0.1) is 6.92 Å². The maximum absolute atomic E-state index is 12.4. The summed E-state index contributed by atoms with van der Waals surface area (Å²) in [4.78, 5) is 20.9. The van der Waals surface area contributed by atoms with E-state index >= 15 is 0 Å². The second-order valence-corrected chi connectivity index (χ2v) is 7.88. The summed E-state index contributed by atoms with van der Waals surface area (Å²) in [5.41, 5.74) is 7.36. The van der Waals surface area contributed by atoms with Gasteiger partial charge in [0.15, 0.2) is 22.3 Å². The van der Waals surface area contributed by atoms with Crippen molar-refractivity contribution in [2.24, 2.45) is 0 Å². The fourth-order valence-electron chi connectivity index (χ4n) is 2.48. The van der Waals surface area contributed by atoms with E-state index in [1.807, 2.05) is 12.1 Å². The van der Waals surface area contributed by atoms with Gasteiger partial charge in [-0.3, -0.25) is 0 Å². The number of carbonyl (C=O) groups is 1. The van der Waals surface area contributed by atoms with Crippen LogP contribution in [-0.2, 0) is 21.2 Å². The molecule has 134 valence electrons. The number of fused-ring (bicyclic) bond motifs is 1. The van der Waals surface area contributed by atoms with Crippen LogP contribution < -0.4 is 5.73 Å². The molecule has 2 aromatic carbocycles. The molecule has 0 saturated carbocycles. The van der Waals surface area contributed by atoms with Crippen LogP contribution in [0.4, 0.5) is 5.82 Å². The average Bonchev–Trinajstić information content (AvgIpc) is 2.59. The molecule has 0 bridgehead atoms. The molecule has 0 aliphatic carbocycles. The van der Waals surface area contributed by atoms with Crippen molar-refractivity contribution < 1.29 is 17.9 Å². The summed E-state index contributed by atoms with van der Waals surface area (Å²) in [6, 6.07) is 11.6. The number of esters is 1. The Bertz CT molecular complexity index is 1110. The molecule has 1 heterocycles. The number of benzene rings is 2. The summed E-state index contributed by atoms with van der Waals surface area (Å²) < 4.78 is 28.6. The normalized spacial score (nSPS) is 11.5. The number of ether oxygens (including phenoxy) is 1. The lowest BCUT2D eigenvalue weighted by Crippen LogP contribution is -2.11. The van der Waals surface area contributed by atoms with Gasteiger partial charge in [0.25, 0.3) is 0 Å². The van der Waals surface area contributed by atoms with Crippen LogP contribution >= 0.6 is 0 Å². The van der Waals surface area contributed by atoms with Crippen molar-refractivity contribution in [1.29, 1.82) is 0 Å². The molecule has 3 rings (SSSR count). The Kier molecular flexibility index (Phi) is 4.60. The molecule has 0 radical (unpaired) electrons. The third kappa shape index (κ3) is 3.65. The van der Waals surface area contributed by atoms with E-state index in [1.165, 1.54) is 12.1 Å². The second-order valence-electron chi connectivity index (χ2n) is 5.87. The Morgan fingerprint density at radius 3 is 2.62 bits per heavy atom. The second kappa shape index (κ2) is 6.72. The zero-order valence-electron chi connectivity index (χ0n) is 14.3. The molecule has 0 amide bonds. The van der Waals surface area contributed by atoms with Gasteiger partial charge in [-0.1, -0.05) is 18.2 Å². The smallest absolute Gasteiger partial charge is 0.338 e. The van der Waals surface area contributed by atoms with Gasteiger partial charge in [-0.15, -0.1) is 0 Å². The number of carbonyl (C=O) groups excluding carboxylic acids is 1. The van der Waals surface area contributed by atoms with Gasteiger partial charge in [-0.25, -0.2) is 23.2 Å². The van der Waals surface area contributed by atoms with Crippen LogP contribution in [0.15, 0.2) is 47.4 Å². The average molecular weight is 371 g/mol. The predicted molar refractivity (Wildman–Crippen MR) is 97.4 cm³/mol. The van der Waals surface area contributed by atoms with Gasteiger partial charge < -0.3 is 10.5 Å². The van der Waals surface area contributed by atoms with E-state index in [2.05, 4.69) is 9.97 Å². The summed E-state index contributed by atoms with van der Waals surface area (Å²) in [5.74, 6) is -0.0771. The van der Waals surface area contributed by atoms with Gasteiger partial charge in [0.1, 0.15) is 5.82 Å². The van der Waals surface area contributed by atoms with Crippen molar-refractivity contribution in [1.82, 2.24) is 9.97 Å². The van der Waals surface area contributed by atoms with Crippen LogP contribution in [0.3, 0.4) is 0 Å². The molecule has 1 aromatic heterocycles. The van der Waals surface area contributed by atoms with Gasteiger partial charge in [0.05, 0.1) is 16.0 Å². The molecular weight excluding hydrogens is 354 g/mol. The minimum absolute atomic E-state index is 0.0567. The van der Waals surface area contributed by atoms with E-state index < -0.39 is 15.8 Å². The highest BCUT2D eigenvalue weighted by Crippen LogP contribution is 2.19. The first-order chi connectivity index (χ1) is 12.3. The summed E-state index contributed by atoms with van der Waals surface area (Å²) in [5, 5.41) is 0.722. The predicted octanol–water partition coefficient (Wildman–Crippen LogP) is 2.28. The van der Waals surface area contributed by atoms with Gasteiger partial charge >= 0.3 is 5.97 Å². The largest absolute Gasteiger partial charge is 0.454 e. The zero-order valence-corrected chi connectivity index (χ0v) is 15.1. The molecule has 26 heavy (non-hydrogen) atoms. The number of rotatable bonds is 4. The summed E-state index contributed by atoms with van der Waals surface area (Å²) in [6.07, 6.45) is 1.08. The lowest BCUT2D eigenvalue weighted by molar-refractivity contribution is 0.0461. The molecule has 0 atom stereocenters. The first kappa shape index (κ1) is 17.8. The Hall–Kier alpha value is -3.00. The summed E-state index contributed by atoms with van der Waals surface area (Å²) in [6.45, 7) is 1.53. The third-order valence-electron chi connectivity index (χ3n) is 3.87. The summed E-state index contributed by atoms with van der Waals surface area (Å²) in [7, 11) is -3.42. The van der Waals surface area contributed by atoms with Gasteiger partial charge in [-0.05, 0) is 36.8 Å². The number of aryl methyl sites for hydroxylation is 1. The zero-order chi connectivity index (χ0) is 18.9. The molecule has 0 fully saturated rings. The maximum atomic E-state index is 12.4. The lowest BCUT2D eigenvalue weighted by atomic mass is 10.1. The number of hydrogen-bond acceptors (Lipinski definition) is 7. The maximum Gasteiger partial charge on any atom is 0.338 e. The van der Waals surface area contributed by atoms with Crippen molar-refractivity contribution in [2.75, 3.05) is 12.0 Å². The standard InChI is InChI=1S/C18H17N3O4S/c1-11-7-8-12(26(2,23)24)9-14(11)18(22)25-10-16-20-15-6-4-3-5-13(15)17(19)21-16/h3-9H,10H2,1-2H3,(H2,19,20,21). The minimum atomic E-state index is -3.42. The molecule has 2 N–H and O–H groups in total. The van der Waals surface area contributed by atoms with Crippen LogP contribution in [0.25, 0.3) is 10.9 Å². The lowest BCUT2D eigenvalue weighted by Gasteiger charge is -2.09. The van der Waals surface area contributed by atoms with Crippen molar-refractivity contribution in [3.05, 3.63) is 59.4 Å². The topological polar surface area (TPSA) is 112 Å². The van der Waals surface area contributed by atoms with Gasteiger partial charge in [-0.2, -0.15) is 0 Å². The van der Waals surface area contributed by atoms with E-state index in [9.17, 15) is 13.2 Å². The molecule has 0 saturated heterocycles. The summed E-state index contributed by atoms with van der Waals surface area (Å²) >= 11 is 0. The van der Waals surface area contributed by atoms with Crippen molar-refractivity contribution >= 4 is 32.5 Å². The van der Waals surface area contributed by atoms with E-state index in [0.29, 0.717) is 16.9 Å². The molecular formula is C18H17N3O4S. The molecule has 0 unspecified atom stereocenters. The van der Waals surface area contributed by atoms with E-state index in [0.717, 1.165) is 11.6 Å². The highest BCUT2D eigenvalue weighted by Gasteiger charge is 2.16. The SMILES string of the molecule is Cc1ccc(S(C)(=O)=O)cc1C(=O)OCc1nc(N)c2ccccc2n1. The highest BCUT2D eigenvalue weighted by atomic mass is 32.2. The Morgan fingerprint density at radius 1 is 1.15 bits per heavy atom. The van der Waals surface area contributed by atoms with Crippen LogP contribution in [-0.4, -0.2) is 30.6 Å². The van der Waals surface area contributed by atoms with Crippen molar-refractivity contribution in [3.8, 4) is 0 Å². The monoisotopic (exact) mass is 371 g/mol. The first-order valence-electron chi connectivity index (χ1n) is 7.74. The third-order valence-corrected chi connectivity index (χ3v) is 4.98. The number of hydrogen-bond donors (Lipinski definition) is 1. The number of nitrogens with two attached hydrogens (primary N) is 1. The van der Waals surface area contributed by atoms with Crippen LogP contribution in [0.5, 0.6) is 0 Å². The Labute approximate surface area is 150 Å². The molecule has 0 aliphatic heterocycles. The van der Waals surface area contributed by atoms with Crippen molar-refractivity contribution in [3.63, 3.8) is 0 Å². The number of para-hydroxylation sites is 1. The number of aromatic nitrogens is 2. The fourth-order valence-corrected chi connectivity index (χ4v) is 3.12. The van der Waals surface area contributed by atoms with Gasteiger partial charge in [0.2, 0.25) is 0 Å². The van der Waals surface area contributed by atoms with E-state index in [-0.39, 0.29) is 22.9 Å². The first-order valence-corrected chi connectivity index (χ1v) is 9.64. The molecule has 0 spiro atoms. The minimum Gasteiger partial charge on any atom is -0.454 e. The number of anilines is 1. The van der Waals surface area contributed by atoms with E-state index in [4.69, 9.17) is 10.5 Å². The number of sulfone groups is 1. The number of nitrogen functional groups attached to an aromatic ring is 1. The van der Waals surface area contributed by atoms with E-state index in [1.54, 1.807) is 25.1 Å². The molecule has 7 nitrogen and oxygen atoms in total. The highest BCUT2D eigenvalue weighted by molar-refractivity contribution is 7.90. The fraction of sp³-hybridized carbons (Fsp3) is 0.167. The molecule has 0 aliphatic rings. The molecule has 8 heteroatoms. The molecule has 3 aromatic rings. The van der Waals surface area contributed by atoms with Gasteiger partial charge in [0, 0.05) is 11.6 Å². The quantitative estimate of drug-likeness (QED) is 0.700. The van der Waals surface area contributed by atoms with Crippen LogP contribution in [0.2, 0.25) is 0 Å². The number of nitrogens with zero attached hydrogens (tertiary/aromatic N) is 2. The Balaban J connectivity index is 1.83.